The Balaban J connectivity index is 1.64. The second-order valence-electron chi connectivity index (χ2n) is 6.63. The monoisotopic (exact) mass is 366 g/mol. The molecule has 0 amide bonds. The number of aryl methyl sites for hydroxylation is 1. The summed E-state index contributed by atoms with van der Waals surface area (Å²) in [5, 5.41) is 14.7. The Morgan fingerprint density at radius 2 is 1.93 bits per heavy atom. The predicted molar refractivity (Wildman–Crippen MR) is 109 cm³/mol. The van der Waals surface area contributed by atoms with Gasteiger partial charge < -0.3 is 4.98 Å². The molecule has 0 saturated carbocycles. The van der Waals surface area contributed by atoms with Gasteiger partial charge in [-0.2, -0.15) is 10.4 Å². The van der Waals surface area contributed by atoms with Crippen molar-refractivity contribution in [3.8, 4) is 6.07 Å². The lowest BCUT2D eigenvalue weighted by Crippen LogP contribution is -2.03. The number of hydrogen-bond donors (Lipinski definition) is 1. The van der Waals surface area contributed by atoms with Gasteiger partial charge >= 0.3 is 0 Å². The largest absolute Gasteiger partial charge is 0.358 e. The van der Waals surface area contributed by atoms with E-state index in [1.165, 1.54) is 0 Å². The Kier molecular flexibility index (Phi) is 4.61. The number of para-hydroxylation sites is 1. The van der Waals surface area contributed by atoms with Crippen molar-refractivity contribution in [3.05, 3.63) is 94.9 Å². The van der Waals surface area contributed by atoms with Crippen LogP contribution in [-0.4, -0.2) is 20.5 Å². The van der Waals surface area contributed by atoms with Crippen LogP contribution in [0.25, 0.3) is 17.0 Å². The fourth-order valence-corrected chi connectivity index (χ4v) is 3.33. The highest BCUT2D eigenvalue weighted by Crippen LogP contribution is 2.25. The maximum absolute atomic E-state index is 13.0. The van der Waals surface area contributed by atoms with Gasteiger partial charge in [0, 0.05) is 28.4 Å². The summed E-state index contributed by atoms with van der Waals surface area (Å²) in [6.45, 7) is 2.48. The molecule has 5 nitrogen and oxygen atoms in total. The van der Waals surface area contributed by atoms with Crippen LogP contribution in [0.15, 0.2) is 72.6 Å². The third-order valence-electron chi connectivity index (χ3n) is 4.64. The second kappa shape index (κ2) is 7.37. The van der Waals surface area contributed by atoms with Crippen molar-refractivity contribution < 1.29 is 4.79 Å². The molecule has 2 aromatic heterocycles. The topological polar surface area (TPSA) is 74.5 Å². The number of nitrogens with zero attached hydrogens (tertiary/aromatic N) is 3. The molecule has 5 heteroatoms. The number of aromatic amines is 1. The Bertz CT molecular complexity index is 1220. The van der Waals surface area contributed by atoms with Crippen molar-refractivity contribution in [2.75, 3.05) is 0 Å². The van der Waals surface area contributed by atoms with E-state index in [0.717, 1.165) is 27.7 Å². The molecule has 1 N–H and O–H groups in total. The Morgan fingerprint density at radius 1 is 1.18 bits per heavy atom. The smallest absolute Gasteiger partial charge is 0.205 e. The average Bonchev–Trinajstić information content (AvgIpc) is 3.29. The van der Waals surface area contributed by atoms with Gasteiger partial charge in [-0.3, -0.25) is 9.48 Å². The van der Waals surface area contributed by atoms with Crippen LogP contribution in [0.2, 0.25) is 0 Å². The summed E-state index contributed by atoms with van der Waals surface area (Å²) in [4.78, 5) is 16.2. The van der Waals surface area contributed by atoms with E-state index in [2.05, 4.69) is 16.2 Å². The minimum absolute atomic E-state index is 0.0899. The zero-order valence-electron chi connectivity index (χ0n) is 15.4. The first kappa shape index (κ1) is 17.5. The van der Waals surface area contributed by atoms with E-state index < -0.39 is 0 Å². The molecular weight excluding hydrogens is 348 g/mol. The predicted octanol–water partition coefficient (Wildman–Crippen LogP) is 4.51. The third-order valence-corrected chi connectivity index (χ3v) is 4.64. The van der Waals surface area contributed by atoms with Crippen LogP contribution in [0, 0.1) is 18.3 Å². The van der Waals surface area contributed by atoms with Crippen molar-refractivity contribution in [1.29, 1.82) is 5.26 Å². The van der Waals surface area contributed by atoms with Crippen molar-refractivity contribution in [2.24, 2.45) is 0 Å². The maximum Gasteiger partial charge on any atom is 0.205 e. The van der Waals surface area contributed by atoms with Crippen LogP contribution in [0.1, 0.15) is 27.2 Å². The van der Waals surface area contributed by atoms with Gasteiger partial charge in [-0.1, -0.05) is 48.5 Å². The first-order chi connectivity index (χ1) is 13.7. The fraction of sp³-hybridized carbons (Fsp3) is 0.0870. The van der Waals surface area contributed by atoms with Crippen LogP contribution in [0.4, 0.5) is 0 Å². The molecule has 0 saturated heterocycles. The highest BCUT2D eigenvalue weighted by molar-refractivity contribution is 6.20. The molecule has 0 aliphatic rings. The molecule has 2 aromatic carbocycles. The van der Waals surface area contributed by atoms with Crippen molar-refractivity contribution in [2.45, 2.75) is 13.5 Å². The van der Waals surface area contributed by atoms with E-state index in [1.807, 2.05) is 67.7 Å². The molecule has 0 aliphatic carbocycles. The van der Waals surface area contributed by atoms with Gasteiger partial charge in [0.25, 0.3) is 0 Å². The highest BCUT2D eigenvalue weighted by Gasteiger charge is 2.19. The van der Waals surface area contributed by atoms with Crippen molar-refractivity contribution >= 4 is 22.8 Å². The number of benzene rings is 2. The summed E-state index contributed by atoms with van der Waals surface area (Å²) in [5.74, 6) is -0.284. The number of carbonyl (C=O) groups excluding carboxylic acids is 1. The molecule has 0 aliphatic heterocycles. The average molecular weight is 366 g/mol. The Morgan fingerprint density at radius 3 is 2.71 bits per heavy atom. The zero-order valence-corrected chi connectivity index (χ0v) is 15.4. The normalized spacial score (nSPS) is 11.5. The van der Waals surface area contributed by atoms with Crippen molar-refractivity contribution in [1.82, 2.24) is 14.8 Å². The summed E-state index contributed by atoms with van der Waals surface area (Å²) >= 11 is 0. The van der Waals surface area contributed by atoms with Crippen LogP contribution in [0.5, 0.6) is 0 Å². The van der Waals surface area contributed by atoms with Crippen LogP contribution in [-0.2, 0) is 6.54 Å². The maximum atomic E-state index is 13.0. The van der Waals surface area contributed by atoms with E-state index in [-0.39, 0.29) is 11.4 Å². The summed E-state index contributed by atoms with van der Waals surface area (Å²) in [5.41, 5.74) is 4.13. The number of aromatic nitrogens is 3. The quantitative estimate of drug-likeness (QED) is 0.321. The summed E-state index contributed by atoms with van der Waals surface area (Å²) in [6.07, 6.45) is 5.09. The molecule has 136 valence electrons. The van der Waals surface area contributed by atoms with Crippen LogP contribution < -0.4 is 0 Å². The number of nitrogens with one attached hydrogen (secondary N) is 1. The molecule has 0 spiro atoms. The first-order valence-corrected chi connectivity index (χ1v) is 8.96. The number of Topliss-reactive ketones (excluding diaryl/α,β-unsaturated/α-hetero) is 1. The number of ketones is 1. The van der Waals surface area contributed by atoms with E-state index in [9.17, 15) is 10.1 Å². The zero-order chi connectivity index (χ0) is 19.5. The molecule has 0 unspecified atom stereocenters. The SMILES string of the molecule is Cc1[nH]c2ccccc2c1C(=O)/C(C#N)=C/c1cnn(Cc2ccccc2)c1. The standard InChI is InChI=1S/C23H18N4O/c1-16-22(20-9-5-6-10-21(20)26-16)23(28)19(12-24)11-18-13-25-27(15-18)14-17-7-3-2-4-8-17/h2-11,13,15,26H,14H2,1H3/b19-11+. The van der Waals surface area contributed by atoms with Crippen LogP contribution in [0.3, 0.4) is 0 Å². The minimum atomic E-state index is -0.284. The number of hydrogen-bond acceptors (Lipinski definition) is 3. The number of fused-ring (bicyclic) bond motifs is 1. The summed E-state index contributed by atoms with van der Waals surface area (Å²) in [7, 11) is 0. The fourth-order valence-electron chi connectivity index (χ4n) is 3.33. The summed E-state index contributed by atoms with van der Waals surface area (Å²) < 4.78 is 1.79. The lowest BCUT2D eigenvalue weighted by Gasteiger charge is -2.01. The lowest BCUT2D eigenvalue weighted by molar-refractivity contribution is 0.104. The molecule has 0 bridgehead atoms. The Hall–Kier alpha value is -3.91. The number of rotatable bonds is 5. The van der Waals surface area contributed by atoms with Gasteiger partial charge in [0.05, 0.1) is 18.3 Å². The van der Waals surface area contributed by atoms with Gasteiger partial charge in [0.1, 0.15) is 11.6 Å². The molecule has 28 heavy (non-hydrogen) atoms. The lowest BCUT2D eigenvalue weighted by atomic mass is 10.00. The molecule has 2 heterocycles. The molecule has 4 rings (SSSR count). The van der Waals surface area contributed by atoms with Gasteiger partial charge in [-0.05, 0) is 24.6 Å². The molecule has 0 atom stereocenters. The molecule has 0 radical (unpaired) electrons. The summed E-state index contributed by atoms with van der Waals surface area (Å²) in [6, 6.07) is 19.6. The van der Waals surface area contributed by atoms with E-state index >= 15 is 0 Å². The molecular formula is C23H18N4O. The number of H-pyrrole nitrogens is 1. The number of carbonyl (C=O) groups is 1. The van der Waals surface area contributed by atoms with Crippen LogP contribution >= 0.6 is 0 Å². The van der Waals surface area contributed by atoms with Gasteiger partial charge in [-0.25, -0.2) is 0 Å². The molecule has 0 fully saturated rings. The third kappa shape index (κ3) is 3.36. The Labute approximate surface area is 162 Å². The number of allylic oxidation sites excluding steroid dienone is 1. The van der Waals surface area contributed by atoms with Gasteiger partial charge in [-0.15, -0.1) is 0 Å². The van der Waals surface area contributed by atoms with Crippen molar-refractivity contribution in [3.63, 3.8) is 0 Å². The van der Waals surface area contributed by atoms with E-state index in [1.54, 1.807) is 17.0 Å². The number of nitriles is 1. The van der Waals surface area contributed by atoms with Gasteiger partial charge in [0.15, 0.2) is 0 Å². The van der Waals surface area contributed by atoms with Gasteiger partial charge in [0.2, 0.25) is 5.78 Å². The van der Waals surface area contributed by atoms with E-state index in [4.69, 9.17) is 0 Å². The minimum Gasteiger partial charge on any atom is -0.358 e. The second-order valence-corrected chi connectivity index (χ2v) is 6.63. The highest BCUT2D eigenvalue weighted by atomic mass is 16.1. The molecule has 4 aromatic rings. The van der Waals surface area contributed by atoms with E-state index in [0.29, 0.717) is 12.1 Å². The first-order valence-electron chi connectivity index (χ1n) is 8.96.